The van der Waals surface area contributed by atoms with E-state index in [1.807, 2.05) is 6.92 Å². The van der Waals surface area contributed by atoms with Gasteiger partial charge in [0.1, 0.15) is 5.75 Å². The number of aliphatic carboxylic acids is 1. The lowest BCUT2D eigenvalue weighted by Crippen LogP contribution is -2.38. The molecule has 2 unspecified atom stereocenters. The van der Waals surface area contributed by atoms with Crippen molar-refractivity contribution in [1.29, 1.82) is 0 Å². The molecule has 27 heavy (non-hydrogen) atoms. The van der Waals surface area contributed by atoms with E-state index < -0.39 is 18.2 Å². The van der Waals surface area contributed by atoms with Crippen molar-refractivity contribution in [1.82, 2.24) is 5.32 Å². The lowest BCUT2D eigenvalue weighted by Gasteiger charge is -2.18. The zero-order valence-corrected chi connectivity index (χ0v) is 16.7. The van der Waals surface area contributed by atoms with Crippen molar-refractivity contribution in [3.05, 3.63) is 29.8 Å². The second kappa shape index (κ2) is 13.1. The molecule has 0 saturated carbocycles. The maximum Gasteiger partial charge on any atom is 0.333 e. The molecule has 2 N–H and O–H groups in total. The number of carboxylic acids is 1. The van der Waals surface area contributed by atoms with Gasteiger partial charge in [-0.1, -0.05) is 45.2 Å². The number of carbonyl (C=O) groups excluding carboxylic acids is 1. The Labute approximate surface area is 162 Å². The first-order valence-electron chi connectivity index (χ1n) is 9.89. The summed E-state index contributed by atoms with van der Waals surface area (Å²) in [6.07, 6.45) is 3.93. The Bertz CT molecular complexity index is 558. The summed E-state index contributed by atoms with van der Waals surface area (Å²) in [7, 11) is 0. The van der Waals surface area contributed by atoms with Crippen molar-refractivity contribution in [3.8, 4) is 5.75 Å². The van der Waals surface area contributed by atoms with Crippen molar-refractivity contribution >= 4 is 11.9 Å². The molecule has 0 radical (unpaired) electrons. The number of nitrogens with one attached hydrogen (secondary N) is 1. The molecule has 0 saturated heterocycles. The van der Waals surface area contributed by atoms with Crippen molar-refractivity contribution < 1.29 is 24.2 Å². The van der Waals surface area contributed by atoms with Crippen LogP contribution in [0.3, 0.4) is 0 Å². The van der Waals surface area contributed by atoms with Crippen LogP contribution in [0.5, 0.6) is 5.75 Å². The van der Waals surface area contributed by atoms with Crippen molar-refractivity contribution in [2.45, 2.75) is 71.5 Å². The molecule has 0 aliphatic heterocycles. The van der Waals surface area contributed by atoms with Crippen LogP contribution in [0.2, 0.25) is 0 Å². The fourth-order valence-electron chi connectivity index (χ4n) is 2.70. The molecule has 2 atom stereocenters. The highest BCUT2D eigenvalue weighted by Crippen LogP contribution is 2.17. The molecular formula is C21H33NO5. The van der Waals surface area contributed by atoms with Crippen LogP contribution in [-0.4, -0.2) is 42.3 Å². The van der Waals surface area contributed by atoms with E-state index in [0.717, 1.165) is 18.4 Å². The largest absolute Gasteiger partial charge is 0.481 e. The first-order chi connectivity index (χ1) is 13.0. The number of amides is 1. The van der Waals surface area contributed by atoms with Gasteiger partial charge in [-0.25, -0.2) is 4.79 Å². The molecule has 0 aromatic heterocycles. The van der Waals surface area contributed by atoms with Gasteiger partial charge in [0, 0.05) is 19.6 Å². The quantitative estimate of drug-likeness (QED) is 0.483. The van der Waals surface area contributed by atoms with Gasteiger partial charge in [-0.15, -0.1) is 0 Å². The molecule has 1 amide bonds. The molecule has 0 bridgehead atoms. The third-order valence-corrected chi connectivity index (χ3v) is 4.26. The number of carboxylic acid groups (broad SMARTS) is 1. The van der Waals surface area contributed by atoms with Gasteiger partial charge in [-0.05, 0) is 37.5 Å². The summed E-state index contributed by atoms with van der Waals surface area (Å²) in [6.45, 7) is 6.86. The van der Waals surface area contributed by atoms with Gasteiger partial charge in [0.05, 0.1) is 0 Å². The van der Waals surface area contributed by atoms with Gasteiger partial charge in [0.25, 0.3) is 5.91 Å². The molecule has 1 rings (SSSR count). The maximum absolute atomic E-state index is 12.3. The monoisotopic (exact) mass is 379 g/mol. The van der Waals surface area contributed by atoms with Crippen LogP contribution >= 0.6 is 0 Å². The highest BCUT2D eigenvalue weighted by atomic mass is 16.5. The molecule has 6 nitrogen and oxygen atoms in total. The Hall–Kier alpha value is -2.08. The van der Waals surface area contributed by atoms with E-state index in [-0.39, 0.29) is 5.91 Å². The van der Waals surface area contributed by atoms with Crippen LogP contribution in [0.1, 0.15) is 58.4 Å². The molecule has 0 aliphatic carbocycles. The number of ether oxygens (including phenoxy) is 2. The van der Waals surface area contributed by atoms with Crippen molar-refractivity contribution in [2.75, 3.05) is 13.2 Å². The molecule has 0 fully saturated rings. The molecular weight excluding hydrogens is 346 g/mol. The number of hydrogen-bond acceptors (Lipinski definition) is 4. The molecule has 6 heteroatoms. The van der Waals surface area contributed by atoms with Crippen molar-refractivity contribution in [3.63, 3.8) is 0 Å². The maximum atomic E-state index is 12.3. The molecule has 1 aromatic rings. The van der Waals surface area contributed by atoms with Gasteiger partial charge in [0.15, 0.2) is 12.2 Å². The highest BCUT2D eigenvalue weighted by molar-refractivity contribution is 5.81. The Kier molecular flexibility index (Phi) is 11.2. The number of unbranched alkanes of at least 4 members (excludes halogenated alkanes) is 3. The normalized spacial score (nSPS) is 13.0. The first-order valence-corrected chi connectivity index (χ1v) is 9.89. The van der Waals surface area contributed by atoms with Gasteiger partial charge in [-0.2, -0.15) is 0 Å². The van der Waals surface area contributed by atoms with Gasteiger partial charge < -0.3 is 19.9 Å². The molecule has 1 aromatic carbocycles. The van der Waals surface area contributed by atoms with Gasteiger partial charge in [0.2, 0.25) is 0 Å². The molecule has 0 aliphatic rings. The molecule has 0 heterocycles. The van der Waals surface area contributed by atoms with E-state index in [4.69, 9.17) is 14.6 Å². The Morgan fingerprint density at radius 1 is 1.04 bits per heavy atom. The highest BCUT2D eigenvalue weighted by Gasteiger charge is 2.19. The van der Waals surface area contributed by atoms with E-state index >= 15 is 0 Å². The molecule has 152 valence electrons. The number of hydrogen-bond donors (Lipinski definition) is 2. The summed E-state index contributed by atoms with van der Waals surface area (Å²) in [6, 6.07) is 7.13. The Morgan fingerprint density at radius 3 is 2.30 bits per heavy atom. The second-order valence-corrected chi connectivity index (χ2v) is 6.50. The van der Waals surface area contributed by atoms with E-state index in [1.165, 1.54) is 12.8 Å². The van der Waals surface area contributed by atoms with Crippen LogP contribution in [0.15, 0.2) is 24.3 Å². The minimum absolute atomic E-state index is 0.0969. The summed E-state index contributed by atoms with van der Waals surface area (Å²) >= 11 is 0. The zero-order valence-electron chi connectivity index (χ0n) is 16.7. The predicted molar refractivity (Wildman–Crippen MR) is 105 cm³/mol. The first kappa shape index (κ1) is 23.0. The van der Waals surface area contributed by atoms with Crippen LogP contribution in [0.25, 0.3) is 0 Å². The summed E-state index contributed by atoms with van der Waals surface area (Å²) in [4.78, 5) is 23.4. The molecule has 0 spiro atoms. The Morgan fingerprint density at radius 2 is 1.74 bits per heavy atom. The third kappa shape index (κ3) is 8.91. The average molecular weight is 379 g/mol. The van der Waals surface area contributed by atoms with Crippen LogP contribution in [0.4, 0.5) is 0 Å². The second-order valence-electron chi connectivity index (χ2n) is 6.50. The van der Waals surface area contributed by atoms with Crippen LogP contribution in [0, 0.1) is 0 Å². The number of benzene rings is 1. The average Bonchev–Trinajstić information content (AvgIpc) is 2.66. The smallest absolute Gasteiger partial charge is 0.333 e. The minimum Gasteiger partial charge on any atom is -0.481 e. The van der Waals surface area contributed by atoms with E-state index in [2.05, 4.69) is 12.2 Å². The Balaban J connectivity index is 2.53. The summed E-state index contributed by atoms with van der Waals surface area (Å²) in [5.74, 6) is -0.478. The fourth-order valence-corrected chi connectivity index (χ4v) is 2.70. The van der Waals surface area contributed by atoms with Crippen molar-refractivity contribution in [2.24, 2.45) is 0 Å². The SMILES string of the molecule is CCCCCCNC(=O)C(CC)Oc1ccc(CC(OCC)C(=O)O)cc1. The summed E-state index contributed by atoms with van der Waals surface area (Å²) in [5, 5.41) is 12.1. The zero-order chi connectivity index (χ0) is 20.1. The van der Waals surface area contributed by atoms with Gasteiger partial charge in [-0.3, -0.25) is 4.79 Å². The van der Waals surface area contributed by atoms with Crippen LogP contribution in [-0.2, 0) is 20.7 Å². The predicted octanol–water partition coefficient (Wildman–Crippen LogP) is 3.57. The summed E-state index contributed by atoms with van der Waals surface area (Å²) in [5.41, 5.74) is 0.844. The van der Waals surface area contributed by atoms with E-state index in [9.17, 15) is 9.59 Å². The summed E-state index contributed by atoms with van der Waals surface area (Å²) < 4.78 is 11.0. The third-order valence-electron chi connectivity index (χ3n) is 4.26. The number of carbonyl (C=O) groups is 2. The standard InChI is InChI=1S/C21H33NO5/c1-4-7-8-9-14-22-20(23)18(5-2)27-17-12-10-16(11-13-17)15-19(21(24)25)26-6-3/h10-13,18-19H,4-9,14-15H2,1-3H3,(H,22,23)(H,24,25). The van der Waals surface area contributed by atoms with Gasteiger partial charge >= 0.3 is 5.97 Å². The minimum atomic E-state index is -0.973. The number of rotatable bonds is 14. The fraction of sp³-hybridized carbons (Fsp3) is 0.619. The topological polar surface area (TPSA) is 84.9 Å². The van der Waals surface area contributed by atoms with Crippen LogP contribution < -0.4 is 10.1 Å². The van der Waals surface area contributed by atoms with E-state index in [1.54, 1.807) is 31.2 Å². The lowest BCUT2D eigenvalue weighted by atomic mass is 10.1. The lowest BCUT2D eigenvalue weighted by molar-refractivity contribution is -0.150. The van der Waals surface area contributed by atoms with E-state index in [0.29, 0.717) is 31.7 Å².